The molecule has 0 nitrogen and oxygen atoms in total. The van der Waals surface area contributed by atoms with Gasteiger partial charge in [-0.25, -0.2) is 0 Å². The monoisotopic (exact) mass is 167 g/mol. The van der Waals surface area contributed by atoms with Gasteiger partial charge in [-0.15, -0.1) is 0 Å². The molecule has 0 saturated carbocycles. The molecule has 0 aromatic rings. The fourth-order valence-corrected chi connectivity index (χ4v) is 1.40. The lowest BCUT2D eigenvalue weighted by molar-refractivity contribution is 0.550. The summed E-state index contributed by atoms with van der Waals surface area (Å²) in [5.41, 5.74) is 0. The van der Waals surface area contributed by atoms with Gasteiger partial charge in [0.05, 0.1) is 0 Å². The van der Waals surface area contributed by atoms with Crippen molar-refractivity contribution in [2.75, 3.05) is 0 Å². The molecule has 12 heavy (non-hydrogen) atoms. The minimum atomic E-state index is 0.726. The molecule has 1 radical (unpaired) electrons. The maximum atomic E-state index is 3.70. The molecular formula is C12H23. The van der Waals surface area contributed by atoms with Crippen molar-refractivity contribution >= 4 is 0 Å². The molecular weight excluding hydrogens is 144 g/mol. The van der Waals surface area contributed by atoms with Crippen LogP contribution < -0.4 is 0 Å². The van der Waals surface area contributed by atoms with Crippen LogP contribution in [-0.4, -0.2) is 0 Å². The Kier molecular flexibility index (Phi) is 8.64. The van der Waals surface area contributed by atoms with Gasteiger partial charge in [-0.2, -0.15) is 0 Å². The predicted octanol–water partition coefficient (Wildman–Crippen LogP) is 4.37. The van der Waals surface area contributed by atoms with E-state index >= 15 is 0 Å². The summed E-state index contributed by atoms with van der Waals surface area (Å²) in [5.74, 6) is 0.726. The third-order valence-electron chi connectivity index (χ3n) is 2.23. The largest absolute Gasteiger partial charge is 0.0880 e. The fraction of sp³-hybridized carbons (Fsp3) is 0.750. The molecule has 0 aliphatic heterocycles. The Labute approximate surface area is 78.1 Å². The van der Waals surface area contributed by atoms with E-state index in [1.54, 1.807) is 0 Å². The summed E-state index contributed by atoms with van der Waals surface area (Å²) in [6.45, 7) is 8.23. The molecule has 0 amide bonds. The second kappa shape index (κ2) is 8.83. The molecule has 0 N–H and O–H groups in total. The van der Waals surface area contributed by atoms with Crippen LogP contribution in [0.3, 0.4) is 0 Å². The molecule has 0 heteroatoms. The minimum Gasteiger partial charge on any atom is -0.0880 e. The molecule has 0 aromatic carbocycles. The van der Waals surface area contributed by atoms with E-state index in [4.69, 9.17) is 0 Å². The molecule has 0 aromatic heterocycles. The Hall–Kier alpha value is -0.260. The average molecular weight is 167 g/mol. The molecule has 71 valence electrons. The zero-order valence-electron chi connectivity index (χ0n) is 8.68. The van der Waals surface area contributed by atoms with Gasteiger partial charge in [0.15, 0.2) is 0 Å². The highest BCUT2D eigenvalue weighted by Gasteiger charge is 1.95. The summed E-state index contributed by atoms with van der Waals surface area (Å²) < 4.78 is 0. The zero-order chi connectivity index (χ0) is 9.23. The summed E-state index contributed by atoms with van der Waals surface area (Å²) >= 11 is 0. The van der Waals surface area contributed by atoms with E-state index in [9.17, 15) is 0 Å². The van der Waals surface area contributed by atoms with Gasteiger partial charge in [-0.1, -0.05) is 58.1 Å². The number of hydrogen-bond donors (Lipinski definition) is 0. The van der Waals surface area contributed by atoms with E-state index in [0.29, 0.717) is 0 Å². The quantitative estimate of drug-likeness (QED) is 0.494. The Morgan fingerprint density at radius 3 is 2.42 bits per heavy atom. The smallest absolute Gasteiger partial charge is 0.0262 e. The van der Waals surface area contributed by atoms with Gasteiger partial charge in [-0.05, 0) is 19.3 Å². The van der Waals surface area contributed by atoms with Crippen LogP contribution in [0.2, 0.25) is 0 Å². The summed E-state index contributed by atoms with van der Waals surface area (Å²) in [6.07, 6.45) is 12.4. The summed E-state index contributed by atoms with van der Waals surface area (Å²) in [5, 5.41) is 0. The van der Waals surface area contributed by atoms with Crippen molar-refractivity contribution in [3.8, 4) is 0 Å². The lowest BCUT2D eigenvalue weighted by Gasteiger charge is -2.04. The third-order valence-corrected chi connectivity index (χ3v) is 2.23. The van der Waals surface area contributed by atoms with Crippen molar-refractivity contribution in [2.24, 2.45) is 5.92 Å². The Morgan fingerprint density at radius 1 is 1.17 bits per heavy atom. The molecule has 0 aliphatic carbocycles. The zero-order valence-corrected chi connectivity index (χ0v) is 8.68. The third kappa shape index (κ3) is 7.84. The van der Waals surface area contributed by atoms with Crippen LogP contribution >= 0.6 is 0 Å². The molecule has 0 bridgehead atoms. The van der Waals surface area contributed by atoms with Crippen LogP contribution in [-0.2, 0) is 0 Å². The second-order valence-corrected chi connectivity index (χ2v) is 3.61. The van der Waals surface area contributed by atoms with Crippen LogP contribution in [0.25, 0.3) is 0 Å². The normalized spacial score (nSPS) is 13.9. The molecule has 0 rings (SSSR count). The summed E-state index contributed by atoms with van der Waals surface area (Å²) in [4.78, 5) is 0. The molecule has 0 aliphatic rings. The average Bonchev–Trinajstić information content (AvgIpc) is 2.05. The van der Waals surface area contributed by atoms with Gasteiger partial charge >= 0.3 is 0 Å². The van der Waals surface area contributed by atoms with Crippen LogP contribution in [0.4, 0.5) is 0 Å². The predicted molar refractivity (Wildman–Crippen MR) is 57.0 cm³/mol. The van der Waals surface area contributed by atoms with Gasteiger partial charge in [0, 0.05) is 0 Å². The second-order valence-electron chi connectivity index (χ2n) is 3.61. The van der Waals surface area contributed by atoms with Gasteiger partial charge in [0.1, 0.15) is 0 Å². The Bertz CT molecular complexity index is 103. The Morgan fingerprint density at radius 2 is 1.83 bits per heavy atom. The van der Waals surface area contributed by atoms with Gasteiger partial charge < -0.3 is 0 Å². The van der Waals surface area contributed by atoms with Crippen LogP contribution in [0.15, 0.2) is 12.2 Å². The highest BCUT2D eigenvalue weighted by Crippen LogP contribution is 2.11. The van der Waals surface area contributed by atoms with Gasteiger partial charge in [0.25, 0.3) is 0 Å². The van der Waals surface area contributed by atoms with Crippen LogP contribution in [0.5, 0.6) is 0 Å². The number of unbranched alkanes of at least 4 members (excludes halogenated alkanes) is 4. The number of hydrogen-bond acceptors (Lipinski definition) is 0. The SMILES string of the molecule is [CH2]C=CC(C)CCCCCCC. The first-order chi connectivity index (χ1) is 5.81. The van der Waals surface area contributed by atoms with Crippen molar-refractivity contribution in [1.82, 2.24) is 0 Å². The van der Waals surface area contributed by atoms with Crippen LogP contribution in [0.1, 0.15) is 52.4 Å². The maximum absolute atomic E-state index is 3.70. The molecule has 0 spiro atoms. The van der Waals surface area contributed by atoms with Crippen molar-refractivity contribution in [2.45, 2.75) is 52.4 Å². The van der Waals surface area contributed by atoms with E-state index in [-0.39, 0.29) is 0 Å². The lowest BCUT2D eigenvalue weighted by atomic mass is 10.0. The van der Waals surface area contributed by atoms with E-state index in [0.717, 1.165) is 5.92 Å². The van der Waals surface area contributed by atoms with Gasteiger partial charge in [-0.3, -0.25) is 0 Å². The highest BCUT2D eigenvalue weighted by molar-refractivity contribution is 4.87. The summed E-state index contributed by atoms with van der Waals surface area (Å²) in [7, 11) is 0. The molecule has 0 heterocycles. The highest BCUT2D eigenvalue weighted by atomic mass is 14.0. The first kappa shape index (κ1) is 11.7. The number of allylic oxidation sites excluding steroid dienone is 2. The molecule has 0 saturated heterocycles. The van der Waals surface area contributed by atoms with E-state index < -0.39 is 0 Å². The van der Waals surface area contributed by atoms with Crippen molar-refractivity contribution in [3.63, 3.8) is 0 Å². The minimum absolute atomic E-state index is 0.726. The first-order valence-electron chi connectivity index (χ1n) is 5.27. The van der Waals surface area contributed by atoms with E-state index in [1.165, 1.54) is 38.5 Å². The maximum Gasteiger partial charge on any atom is -0.0262 e. The number of rotatable bonds is 7. The lowest BCUT2D eigenvalue weighted by Crippen LogP contribution is -1.89. The van der Waals surface area contributed by atoms with Crippen molar-refractivity contribution < 1.29 is 0 Å². The Balaban J connectivity index is 3.08. The fourth-order valence-electron chi connectivity index (χ4n) is 1.40. The van der Waals surface area contributed by atoms with Crippen LogP contribution in [0, 0.1) is 12.8 Å². The van der Waals surface area contributed by atoms with Crippen molar-refractivity contribution in [3.05, 3.63) is 19.1 Å². The van der Waals surface area contributed by atoms with Crippen molar-refractivity contribution in [1.29, 1.82) is 0 Å². The molecule has 0 fully saturated rings. The standard InChI is InChI=1S/C12H23/c1-4-6-7-8-9-11-12(3)10-5-2/h5,10,12H,2,4,6-9,11H2,1,3H3. The van der Waals surface area contributed by atoms with E-state index in [1.807, 2.05) is 6.08 Å². The van der Waals surface area contributed by atoms with E-state index in [2.05, 4.69) is 26.8 Å². The topological polar surface area (TPSA) is 0 Å². The first-order valence-corrected chi connectivity index (χ1v) is 5.27. The molecule has 1 unspecified atom stereocenters. The summed E-state index contributed by atoms with van der Waals surface area (Å²) in [6, 6.07) is 0. The van der Waals surface area contributed by atoms with Gasteiger partial charge in [0.2, 0.25) is 0 Å². The molecule has 1 atom stereocenters.